The molecule has 1 aliphatic heterocycles. The zero-order valence-electron chi connectivity index (χ0n) is 16.8. The fourth-order valence-corrected chi connectivity index (χ4v) is 3.30. The molecule has 0 unspecified atom stereocenters. The summed E-state index contributed by atoms with van der Waals surface area (Å²) in [6.45, 7) is 7.20. The lowest BCUT2D eigenvalue weighted by atomic mass is 10.1. The topological polar surface area (TPSA) is 87.7 Å². The summed E-state index contributed by atoms with van der Waals surface area (Å²) in [7, 11) is 1.48. The van der Waals surface area contributed by atoms with Gasteiger partial charge < -0.3 is 15.4 Å². The molecular formula is C21H22ClN3O4. The number of benzene rings is 2. The molecule has 2 aromatic rings. The van der Waals surface area contributed by atoms with Crippen LogP contribution in [0.25, 0.3) is 0 Å². The van der Waals surface area contributed by atoms with E-state index < -0.39 is 11.6 Å². The number of methoxy groups -OCH3 is 1. The summed E-state index contributed by atoms with van der Waals surface area (Å²) in [6, 6.07) is 7.43. The first-order valence-corrected chi connectivity index (χ1v) is 9.36. The predicted octanol–water partition coefficient (Wildman–Crippen LogP) is 4.70. The number of nitrogens with one attached hydrogen (secondary N) is 2. The molecule has 0 aliphatic carbocycles. The molecule has 8 heteroatoms. The fourth-order valence-electron chi connectivity index (χ4n) is 3.14. The SMILES string of the molecule is COc1cc(Cl)c(C)cc1NC(=O)Nc1ccc2c(c1)C(=O)N(C(C)(C)C)C2=O. The van der Waals surface area contributed by atoms with Crippen molar-refractivity contribution in [3.63, 3.8) is 0 Å². The zero-order valence-corrected chi connectivity index (χ0v) is 17.6. The van der Waals surface area contributed by atoms with Crippen LogP contribution in [0, 0.1) is 6.92 Å². The number of anilines is 2. The summed E-state index contributed by atoms with van der Waals surface area (Å²) in [5.74, 6) is -0.294. The molecule has 0 saturated heterocycles. The van der Waals surface area contributed by atoms with E-state index in [9.17, 15) is 14.4 Å². The largest absolute Gasteiger partial charge is 0.495 e. The second-order valence-corrected chi connectivity index (χ2v) is 8.16. The van der Waals surface area contributed by atoms with Crippen LogP contribution >= 0.6 is 11.6 Å². The number of ether oxygens (including phenoxy) is 1. The summed E-state index contributed by atoms with van der Waals surface area (Å²) >= 11 is 6.08. The molecule has 2 N–H and O–H groups in total. The minimum Gasteiger partial charge on any atom is -0.495 e. The number of urea groups is 1. The van der Waals surface area contributed by atoms with Crippen molar-refractivity contribution >= 4 is 40.8 Å². The number of nitrogens with zero attached hydrogens (tertiary/aromatic N) is 1. The van der Waals surface area contributed by atoms with Gasteiger partial charge in [-0.15, -0.1) is 0 Å². The number of imide groups is 1. The fraction of sp³-hybridized carbons (Fsp3) is 0.286. The molecule has 2 aromatic carbocycles. The van der Waals surface area contributed by atoms with E-state index in [1.165, 1.54) is 18.1 Å². The molecule has 0 bridgehead atoms. The zero-order chi connectivity index (χ0) is 21.5. The highest BCUT2D eigenvalue weighted by Crippen LogP contribution is 2.32. The quantitative estimate of drug-likeness (QED) is 0.711. The minimum atomic E-state index is -0.638. The molecule has 1 aliphatic rings. The van der Waals surface area contributed by atoms with Crippen molar-refractivity contribution in [2.24, 2.45) is 0 Å². The van der Waals surface area contributed by atoms with Crippen LogP contribution in [-0.4, -0.2) is 35.4 Å². The Morgan fingerprint density at radius 2 is 1.69 bits per heavy atom. The Labute approximate surface area is 174 Å². The lowest BCUT2D eigenvalue weighted by molar-refractivity contribution is 0.0507. The summed E-state index contributed by atoms with van der Waals surface area (Å²) in [5, 5.41) is 5.90. The van der Waals surface area contributed by atoms with E-state index >= 15 is 0 Å². The second-order valence-electron chi connectivity index (χ2n) is 7.76. The summed E-state index contributed by atoms with van der Waals surface area (Å²) in [5.41, 5.74) is 1.59. The third-order valence-electron chi connectivity index (χ3n) is 4.54. The molecule has 7 nitrogen and oxygen atoms in total. The Kier molecular flexibility index (Phi) is 5.28. The maximum Gasteiger partial charge on any atom is 0.323 e. The molecule has 0 radical (unpaired) electrons. The van der Waals surface area contributed by atoms with Gasteiger partial charge >= 0.3 is 6.03 Å². The van der Waals surface area contributed by atoms with Crippen LogP contribution in [0.4, 0.5) is 16.2 Å². The van der Waals surface area contributed by atoms with Crippen LogP contribution in [0.15, 0.2) is 30.3 Å². The van der Waals surface area contributed by atoms with Crippen LogP contribution in [0.2, 0.25) is 5.02 Å². The Morgan fingerprint density at radius 3 is 2.31 bits per heavy atom. The van der Waals surface area contributed by atoms with Gasteiger partial charge in [-0.05, 0) is 57.5 Å². The number of carbonyl (C=O) groups is 3. The van der Waals surface area contributed by atoms with E-state index in [0.717, 1.165) is 5.56 Å². The number of carbonyl (C=O) groups excluding carboxylic acids is 3. The Hall–Kier alpha value is -3.06. The maximum atomic E-state index is 12.7. The number of aryl methyl sites for hydroxylation is 1. The molecule has 4 amide bonds. The highest BCUT2D eigenvalue weighted by atomic mass is 35.5. The number of rotatable bonds is 3. The highest BCUT2D eigenvalue weighted by Gasteiger charge is 2.41. The Bertz CT molecular complexity index is 1030. The van der Waals surface area contributed by atoms with E-state index in [1.54, 1.807) is 45.0 Å². The number of hydrogen-bond acceptors (Lipinski definition) is 4. The molecule has 152 valence electrons. The van der Waals surface area contributed by atoms with Crippen LogP contribution < -0.4 is 15.4 Å². The molecule has 3 rings (SSSR count). The van der Waals surface area contributed by atoms with Crippen molar-refractivity contribution in [3.8, 4) is 5.75 Å². The second kappa shape index (κ2) is 7.40. The van der Waals surface area contributed by atoms with Gasteiger partial charge in [0.1, 0.15) is 5.75 Å². The van der Waals surface area contributed by atoms with Crippen LogP contribution in [0.3, 0.4) is 0 Å². The number of fused-ring (bicyclic) bond motifs is 1. The lowest BCUT2D eigenvalue weighted by Gasteiger charge is -2.29. The van der Waals surface area contributed by atoms with Gasteiger partial charge in [-0.1, -0.05) is 11.6 Å². The molecule has 0 spiro atoms. The van der Waals surface area contributed by atoms with Crippen molar-refractivity contribution in [1.82, 2.24) is 4.90 Å². The van der Waals surface area contributed by atoms with E-state index in [-0.39, 0.29) is 17.4 Å². The van der Waals surface area contributed by atoms with Gasteiger partial charge in [-0.25, -0.2) is 4.79 Å². The van der Waals surface area contributed by atoms with Gasteiger partial charge in [-0.3, -0.25) is 14.5 Å². The Balaban J connectivity index is 1.81. The minimum absolute atomic E-state index is 0.266. The average molecular weight is 416 g/mol. The summed E-state index contributed by atoms with van der Waals surface area (Å²) in [4.78, 5) is 38.9. The molecule has 1 heterocycles. The smallest absolute Gasteiger partial charge is 0.323 e. The lowest BCUT2D eigenvalue weighted by Crippen LogP contribution is -2.45. The van der Waals surface area contributed by atoms with Crippen molar-refractivity contribution in [3.05, 3.63) is 52.0 Å². The molecular weight excluding hydrogens is 394 g/mol. The van der Waals surface area contributed by atoms with Crippen molar-refractivity contribution in [2.75, 3.05) is 17.7 Å². The van der Waals surface area contributed by atoms with Crippen LogP contribution in [-0.2, 0) is 0 Å². The summed E-state index contributed by atoms with van der Waals surface area (Å²) < 4.78 is 5.25. The maximum absolute atomic E-state index is 12.7. The van der Waals surface area contributed by atoms with Crippen LogP contribution in [0.5, 0.6) is 5.75 Å². The van der Waals surface area contributed by atoms with Crippen LogP contribution in [0.1, 0.15) is 47.1 Å². The normalized spacial score (nSPS) is 13.4. The average Bonchev–Trinajstić information content (AvgIpc) is 2.88. The Morgan fingerprint density at radius 1 is 1.03 bits per heavy atom. The summed E-state index contributed by atoms with van der Waals surface area (Å²) in [6.07, 6.45) is 0. The van der Waals surface area contributed by atoms with Gasteiger partial charge in [0.2, 0.25) is 0 Å². The van der Waals surface area contributed by atoms with Gasteiger partial charge in [0, 0.05) is 22.3 Å². The molecule has 0 fully saturated rings. The molecule has 0 aromatic heterocycles. The predicted molar refractivity (Wildman–Crippen MR) is 112 cm³/mol. The number of halogens is 1. The first-order valence-electron chi connectivity index (χ1n) is 8.98. The standard InChI is InChI=1S/C21H22ClN3O4/c1-11-8-16(17(29-5)10-15(11)22)24-20(28)23-12-6-7-13-14(9-12)19(27)25(18(13)26)21(2,3)4/h6-10H,1-5H3,(H2,23,24,28). The highest BCUT2D eigenvalue weighted by molar-refractivity contribution is 6.31. The van der Waals surface area contributed by atoms with E-state index in [0.29, 0.717) is 27.7 Å². The third kappa shape index (κ3) is 3.91. The molecule has 0 saturated carbocycles. The van der Waals surface area contributed by atoms with Crippen molar-refractivity contribution in [1.29, 1.82) is 0 Å². The van der Waals surface area contributed by atoms with E-state index in [2.05, 4.69) is 10.6 Å². The van der Waals surface area contributed by atoms with Crippen molar-refractivity contribution in [2.45, 2.75) is 33.2 Å². The monoisotopic (exact) mass is 415 g/mol. The number of amides is 4. The van der Waals surface area contributed by atoms with Gasteiger partial charge in [0.25, 0.3) is 11.8 Å². The third-order valence-corrected chi connectivity index (χ3v) is 4.95. The van der Waals surface area contributed by atoms with Crippen molar-refractivity contribution < 1.29 is 19.1 Å². The first-order chi connectivity index (χ1) is 13.5. The van der Waals surface area contributed by atoms with Gasteiger partial charge in [0.15, 0.2) is 0 Å². The first kappa shape index (κ1) is 20.7. The van der Waals surface area contributed by atoms with E-state index in [4.69, 9.17) is 16.3 Å². The van der Waals surface area contributed by atoms with Gasteiger partial charge in [-0.2, -0.15) is 0 Å². The molecule has 29 heavy (non-hydrogen) atoms. The van der Waals surface area contributed by atoms with E-state index in [1.807, 2.05) is 6.92 Å². The number of hydrogen-bond donors (Lipinski definition) is 2. The molecule has 0 atom stereocenters. The van der Waals surface area contributed by atoms with Gasteiger partial charge in [0.05, 0.1) is 23.9 Å².